The first-order valence-electron chi connectivity index (χ1n) is 10.0. The lowest BCUT2D eigenvalue weighted by molar-refractivity contribution is -0.147. The van der Waals surface area contributed by atoms with Gasteiger partial charge in [0.1, 0.15) is 17.5 Å². The minimum absolute atomic E-state index is 0.101. The molecule has 3 amide bonds. The molecule has 1 aliphatic heterocycles. The Labute approximate surface area is 181 Å². The molecule has 1 heterocycles. The van der Waals surface area contributed by atoms with E-state index < -0.39 is 11.9 Å². The summed E-state index contributed by atoms with van der Waals surface area (Å²) in [6, 6.07) is 2.20. The number of nitrogens with one attached hydrogen (secondary N) is 1. The average molecular weight is 435 g/mol. The first kappa shape index (κ1) is 22.2. The molecule has 0 spiro atoms. The van der Waals surface area contributed by atoms with Gasteiger partial charge in [0.25, 0.3) is 0 Å². The minimum Gasteiger partial charge on any atom is -0.495 e. The topological polar surface area (TPSA) is 84.9 Å². The summed E-state index contributed by atoms with van der Waals surface area (Å²) in [5, 5.41) is 3.14. The van der Waals surface area contributed by atoms with Crippen LogP contribution in [0.4, 0.5) is 5.69 Å². The van der Waals surface area contributed by atoms with Gasteiger partial charge in [-0.1, -0.05) is 37.6 Å². The SMILES string of the molecule is COc1cc(NC(=O)[C@H](CC(C)C)N2C(=O)[C@@H]3CC=CC[C@H]3C2=O)c(OC)cc1Cl. The number of amides is 3. The van der Waals surface area contributed by atoms with Gasteiger partial charge in [-0.3, -0.25) is 19.3 Å². The normalized spacial score (nSPS) is 21.6. The number of carbonyl (C=O) groups excluding carboxylic acids is 3. The van der Waals surface area contributed by atoms with E-state index in [1.165, 1.54) is 19.1 Å². The Morgan fingerprint density at radius 2 is 1.67 bits per heavy atom. The van der Waals surface area contributed by atoms with Gasteiger partial charge in [-0.15, -0.1) is 0 Å². The molecule has 8 heteroatoms. The number of allylic oxidation sites excluding steroid dienone is 2. The van der Waals surface area contributed by atoms with E-state index in [-0.39, 0.29) is 29.6 Å². The Morgan fingerprint density at radius 1 is 1.10 bits per heavy atom. The van der Waals surface area contributed by atoms with Crippen LogP contribution in [0.25, 0.3) is 0 Å². The van der Waals surface area contributed by atoms with Crippen LogP contribution in [-0.4, -0.2) is 42.9 Å². The lowest BCUT2D eigenvalue weighted by atomic mass is 9.85. The summed E-state index contributed by atoms with van der Waals surface area (Å²) >= 11 is 6.14. The number of imide groups is 1. The second-order valence-corrected chi connectivity index (χ2v) is 8.43. The van der Waals surface area contributed by atoms with Crippen LogP contribution >= 0.6 is 11.6 Å². The van der Waals surface area contributed by atoms with Crippen LogP contribution in [0.3, 0.4) is 0 Å². The molecule has 0 radical (unpaired) electrons. The van der Waals surface area contributed by atoms with Crippen LogP contribution in [-0.2, 0) is 14.4 Å². The maximum Gasteiger partial charge on any atom is 0.247 e. The molecule has 7 nitrogen and oxygen atoms in total. The number of fused-ring (bicyclic) bond motifs is 1. The number of rotatable bonds is 7. The fraction of sp³-hybridized carbons (Fsp3) is 0.500. The van der Waals surface area contributed by atoms with Gasteiger partial charge in [-0.2, -0.15) is 0 Å². The molecule has 3 atom stereocenters. The molecule has 0 aromatic heterocycles. The van der Waals surface area contributed by atoms with Crippen LogP contribution < -0.4 is 14.8 Å². The summed E-state index contributed by atoms with van der Waals surface area (Å²) in [4.78, 5) is 40.5. The highest BCUT2D eigenvalue weighted by Crippen LogP contribution is 2.39. The first-order valence-corrected chi connectivity index (χ1v) is 10.4. The smallest absolute Gasteiger partial charge is 0.247 e. The zero-order valence-corrected chi connectivity index (χ0v) is 18.4. The van der Waals surface area contributed by atoms with Crippen molar-refractivity contribution in [1.29, 1.82) is 0 Å². The monoisotopic (exact) mass is 434 g/mol. The van der Waals surface area contributed by atoms with Crippen molar-refractivity contribution in [2.45, 2.75) is 39.2 Å². The zero-order chi connectivity index (χ0) is 22.0. The molecular weight excluding hydrogens is 408 g/mol. The third-order valence-electron chi connectivity index (χ3n) is 5.58. The predicted octanol–water partition coefficient (Wildman–Crippen LogP) is 3.66. The van der Waals surface area contributed by atoms with Gasteiger partial charge in [0, 0.05) is 12.1 Å². The number of hydrogen-bond donors (Lipinski definition) is 1. The molecule has 1 aromatic carbocycles. The molecule has 1 N–H and O–H groups in total. The Morgan fingerprint density at radius 3 is 2.17 bits per heavy atom. The summed E-state index contributed by atoms with van der Waals surface area (Å²) in [7, 11) is 2.93. The third-order valence-corrected chi connectivity index (χ3v) is 5.88. The van der Waals surface area contributed by atoms with E-state index in [0.29, 0.717) is 41.5 Å². The molecular formula is C22H27ClN2O5. The number of methoxy groups -OCH3 is 2. The van der Waals surface area contributed by atoms with Crippen molar-refractivity contribution in [2.24, 2.45) is 17.8 Å². The highest BCUT2D eigenvalue weighted by atomic mass is 35.5. The highest BCUT2D eigenvalue weighted by Gasteiger charge is 2.51. The van der Waals surface area contributed by atoms with Crippen molar-refractivity contribution >= 4 is 35.0 Å². The molecule has 162 valence electrons. The number of anilines is 1. The number of hydrogen-bond acceptors (Lipinski definition) is 5. The van der Waals surface area contributed by atoms with Gasteiger partial charge in [-0.05, 0) is 25.2 Å². The third kappa shape index (κ3) is 4.17. The maximum absolute atomic E-state index is 13.3. The fourth-order valence-electron chi connectivity index (χ4n) is 4.08. The average Bonchev–Trinajstić information content (AvgIpc) is 2.97. The van der Waals surface area contributed by atoms with Crippen LogP contribution in [0.5, 0.6) is 11.5 Å². The van der Waals surface area contributed by atoms with Crippen molar-refractivity contribution in [1.82, 2.24) is 4.90 Å². The van der Waals surface area contributed by atoms with Crippen LogP contribution in [0.2, 0.25) is 5.02 Å². The number of halogens is 1. The second-order valence-electron chi connectivity index (χ2n) is 8.02. The summed E-state index contributed by atoms with van der Waals surface area (Å²) in [6.45, 7) is 3.90. The second kappa shape index (κ2) is 9.08. The molecule has 1 saturated heterocycles. The maximum atomic E-state index is 13.3. The van der Waals surface area contributed by atoms with E-state index in [0.717, 1.165) is 0 Å². The van der Waals surface area contributed by atoms with E-state index in [1.807, 2.05) is 26.0 Å². The van der Waals surface area contributed by atoms with Gasteiger partial charge < -0.3 is 14.8 Å². The van der Waals surface area contributed by atoms with E-state index in [9.17, 15) is 14.4 Å². The quantitative estimate of drug-likeness (QED) is 0.523. The molecule has 0 saturated carbocycles. The van der Waals surface area contributed by atoms with Crippen molar-refractivity contribution in [3.8, 4) is 11.5 Å². The molecule has 0 unspecified atom stereocenters. The molecule has 2 aliphatic rings. The summed E-state index contributed by atoms with van der Waals surface area (Å²) in [6.07, 6.45) is 5.29. The molecule has 0 bridgehead atoms. The summed E-state index contributed by atoms with van der Waals surface area (Å²) < 4.78 is 10.5. The van der Waals surface area contributed by atoms with Crippen molar-refractivity contribution in [3.63, 3.8) is 0 Å². The highest BCUT2D eigenvalue weighted by molar-refractivity contribution is 6.32. The molecule has 3 rings (SSSR count). The van der Waals surface area contributed by atoms with Crippen molar-refractivity contribution < 1.29 is 23.9 Å². The lowest BCUT2D eigenvalue weighted by Gasteiger charge is -2.27. The Hall–Kier alpha value is -2.54. The number of ether oxygens (including phenoxy) is 2. The van der Waals surface area contributed by atoms with Crippen molar-refractivity contribution in [3.05, 3.63) is 29.3 Å². The van der Waals surface area contributed by atoms with E-state index in [4.69, 9.17) is 21.1 Å². The first-order chi connectivity index (χ1) is 14.3. The van der Waals surface area contributed by atoms with Gasteiger partial charge in [0.15, 0.2) is 0 Å². The van der Waals surface area contributed by atoms with Crippen LogP contribution in [0.1, 0.15) is 33.1 Å². The molecule has 30 heavy (non-hydrogen) atoms. The van der Waals surface area contributed by atoms with Gasteiger partial charge in [0.05, 0.1) is 36.8 Å². The molecule has 1 aromatic rings. The van der Waals surface area contributed by atoms with Gasteiger partial charge in [-0.25, -0.2) is 0 Å². The largest absolute Gasteiger partial charge is 0.495 e. The minimum atomic E-state index is -0.901. The van der Waals surface area contributed by atoms with E-state index >= 15 is 0 Å². The zero-order valence-electron chi connectivity index (χ0n) is 17.6. The summed E-state index contributed by atoms with van der Waals surface area (Å²) in [5.41, 5.74) is 0.357. The Kier molecular flexibility index (Phi) is 6.71. The fourth-order valence-corrected chi connectivity index (χ4v) is 4.31. The standard InChI is InChI=1S/C22H27ClN2O5/c1-12(2)9-17(25-21(27)13-7-5-6-8-14(13)22(25)28)20(26)24-16-11-18(29-3)15(23)10-19(16)30-4/h5-6,10-14,17H,7-9H2,1-4H3,(H,24,26)/t13-,14-,17+/m1/s1. The number of nitrogens with zero attached hydrogens (tertiary/aromatic N) is 1. The Bertz CT molecular complexity index is 857. The molecule has 1 fully saturated rings. The van der Waals surface area contributed by atoms with Gasteiger partial charge in [0.2, 0.25) is 17.7 Å². The van der Waals surface area contributed by atoms with Crippen LogP contribution in [0.15, 0.2) is 24.3 Å². The number of likely N-dealkylation sites (tertiary alicyclic amines) is 1. The Balaban J connectivity index is 1.91. The van der Waals surface area contributed by atoms with Gasteiger partial charge >= 0.3 is 0 Å². The lowest BCUT2D eigenvalue weighted by Crippen LogP contribution is -2.48. The van der Waals surface area contributed by atoms with E-state index in [2.05, 4.69) is 5.32 Å². The molecule has 1 aliphatic carbocycles. The van der Waals surface area contributed by atoms with Crippen LogP contribution in [0, 0.1) is 17.8 Å². The summed E-state index contributed by atoms with van der Waals surface area (Å²) in [5.74, 6) is -0.909. The number of carbonyl (C=O) groups is 3. The van der Waals surface area contributed by atoms with E-state index in [1.54, 1.807) is 12.1 Å². The number of benzene rings is 1. The van der Waals surface area contributed by atoms with Crippen molar-refractivity contribution in [2.75, 3.05) is 19.5 Å². The predicted molar refractivity (Wildman–Crippen MR) is 114 cm³/mol.